The molecule has 0 aliphatic heterocycles. The van der Waals surface area contributed by atoms with E-state index in [9.17, 15) is 4.39 Å². The van der Waals surface area contributed by atoms with Gasteiger partial charge >= 0.3 is 0 Å². The van der Waals surface area contributed by atoms with Crippen molar-refractivity contribution in [1.29, 1.82) is 0 Å². The van der Waals surface area contributed by atoms with Crippen LogP contribution in [0.1, 0.15) is 5.56 Å². The average molecular weight is 216 g/mol. The van der Waals surface area contributed by atoms with Crippen LogP contribution in [0.15, 0.2) is 42.5 Å². The average Bonchev–Trinajstić information content (AvgIpc) is 2.27. The zero-order chi connectivity index (χ0) is 11.5. The minimum Gasteiger partial charge on any atom is -0.399 e. The molecule has 2 aromatic rings. The van der Waals surface area contributed by atoms with Gasteiger partial charge in [-0.15, -0.1) is 0 Å². The Morgan fingerprint density at radius 1 is 1.06 bits per heavy atom. The quantitative estimate of drug-likeness (QED) is 0.754. The van der Waals surface area contributed by atoms with Gasteiger partial charge in [-0.1, -0.05) is 18.2 Å². The lowest BCUT2D eigenvalue weighted by Gasteiger charge is -2.10. The number of nitrogens with one attached hydrogen (secondary N) is 1. The van der Waals surface area contributed by atoms with Gasteiger partial charge in [0.05, 0.1) is 5.69 Å². The third-order valence-electron chi connectivity index (χ3n) is 2.40. The van der Waals surface area contributed by atoms with Gasteiger partial charge in [0.25, 0.3) is 0 Å². The molecule has 0 saturated heterocycles. The molecule has 3 N–H and O–H groups in total. The summed E-state index contributed by atoms with van der Waals surface area (Å²) in [6.45, 7) is 1.95. The summed E-state index contributed by atoms with van der Waals surface area (Å²) in [5.41, 5.74) is 8.65. The molecule has 3 heteroatoms. The first kappa shape index (κ1) is 10.5. The number of hydrogen-bond donors (Lipinski definition) is 2. The van der Waals surface area contributed by atoms with Crippen LogP contribution in [0, 0.1) is 12.7 Å². The maximum atomic E-state index is 13.4. The van der Waals surface area contributed by atoms with Crippen molar-refractivity contribution in [1.82, 2.24) is 0 Å². The third kappa shape index (κ3) is 2.14. The maximum absolute atomic E-state index is 13.4. The Hall–Kier alpha value is -2.03. The fraction of sp³-hybridized carbons (Fsp3) is 0.0769. The van der Waals surface area contributed by atoms with E-state index in [0.29, 0.717) is 11.4 Å². The smallest absolute Gasteiger partial charge is 0.146 e. The molecule has 0 unspecified atom stereocenters. The first-order valence-electron chi connectivity index (χ1n) is 5.04. The van der Waals surface area contributed by atoms with Crippen LogP contribution >= 0.6 is 0 Å². The van der Waals surface area contributed by atoms with Gasteiger partial charge in [0.2, 0.25) is 0 Å². The second kappa shape index (κ2) is 4.23. The molecule has 0 bridgehead atoms. The first-order chi connectivity index (χ1) is 7.66. The van der Waals surface area contributed by atoms with E-state index in [-0.39, 0.29) is 5.82 Å². The Bertz CT molecular complexity index is 509. The SMILES string of the molecule is Cc1ccc(N)cc1Nc1ccccc1F. The predicted octanol–water partition coefficient (Wildman–Crippen LogP) is 3.46. The number of nitrogens with two attached hydrogens (primary N) is 1. The van der Waals surface area contributed by atoms with Crippen LogP contribution in [0.4, 0.5) is 21.5 Å². The van der Waals surface area contributed by atoms with Crippen molar-refractivity contribution < 1.29 is 4.39 Å². The fourth-order valence-electron chi connectivity index (χ4n) is 1.48. The van der Waals surface area contributed by atoms with E-state index in [4.69, 9.17) is 5.73 Å². The lowest BCUT2D eigenvalue weighted by molar-refractivity contribution is 0.632. The van der Waals surface area contributed by atoms with E-state index in [2.05, 4.69) is 5.32 Å². The molecule has 16 heavy (non-hydrogen) atoms. The topological polar surface area (TPSA) is 38.0 Å². The van der Waals surface area contributed by atoms with Gasteiger partial charge < -0.3 is 11.1 Å². The van der Waals surface area contributed by atoms with Crippen LogP contribution in [0.25, 0.3) is 0 Å². The molecular formula is C13H13FN2. The van der Waals surface area contributed by atoms with Gasteiger partial charge in [-0.05, 0) is 36.8 Å². The molecule has 2 nitrogen and oxygen atoms in total. The molecule has 0 aromatic heterocycles. The van der Waals surface area contributed by atoms with Crippen LogP contribution in [0.5, 0.6) is 0 Å². The number of para-hydroxylation sites is 1. The third-order valence-corrected chi connectivity index (χ3v) is 2.40. The van der Waals surface area contributed by atoms with Crippen LogP contribution in [-0.4, -0.2) is 0 Å². The van der Waals surface area contributed by atoms with Crippen LogP contribution in [-0.2, 0) is 0 Å². The number of hydrogen-bond acceptors (Lipinski definition) is 2. The number of benzene rings is 2. The molecule has 0 aliphatic rings. The number of rotatable bonds is 2. The molecule has 0 spiro atoms. The van der Waals surface area contributed by atoms with Crippen molar-refractivity contribution >= 4 is 17.1 Å². The van der Waals surface area contributed by atoms with Crippen molar-refractivity contribution in [2.24, 2.45) is 0 Å². The predicted molar refractivity (Wildman–Crippen MR) is 65.3 cm³/mol. The molecule has 0 atom stereocenters. The molecule has 0 aliphatic carbocycles. The Labute approximate surface area is 93.9 Å². The van der Waals surface area contributed by atoms with Crippen molar-refractivity contribution in [3.05, 3.63) is 53.8 Å². The summed E-state index contributed by atoms with van der Waals surface area (Å²) in [5.74, 6) is -0.274. The molecular weight excluding hydrogens is 203 g/mol. The van der Waals surface area contributed by atoms with Crippen molar-refractivity contribution in [3.63, 3.8) is 0 Å². The zero-order valence-electron chi connectivity index (χ0n) is 9.00. The van der Waals surface area contributed by atoms with E-state index in [1.54, 1.807) is 24.3 Å². The highest BCUT2D eigenvalue weighted by Gasteiger charge is 2.03. The maximum Gasteiger partial charge on any atom is 0.146 e. The summed E-state index contributed by atoms with van der Waals surface area (Å²) in [6.07, 6.45) is 0. The van der Waals surface area contributed by atoms with Gasteiger partial charge in [0, 0.05) is 11.4 Å². The molecule has 0 heterocycles. The second-order valence-corrected chi connectivity index (χ2v) is 3.68. The van der Waals surface area contributed by atoms with Crippen LogP contribution in [0.3, 0.4) is 0 Å². The highest BCUT2D eigenvalue weighted by Crippen LogP contribution is 2.24. The molecule has 82 valence electrons. The Morgan fingerprint density at radius 3 is 2.56 bits per heavy atom. The van der Waals surface area contributed by atoms with Crippen molar-refractivity contribution in [2.75, 3.05) is 11.1 Å². The highest BCUT2D eigenvalue weighted by atomic mass is 19.1. The lowest BCUT2D eigenvalue weighted by Crippen LogP contribution is -1.97. The molecule has 2 rings (SSSR count). The first-order valence-corrected chi connectivity index (χ1v) is 5.04. The van der Waals surface area contributed by atoms with Gasteiger partial charge in [-0.25, -0.2) is 4.39 Å². The summed E-state index contributed by atoms with van der Waals surface area (Å²) in [5, 5.41) is 3.03. The fourth-order valence-corrected chi connectivity index (χ4v) is 1.48. The summed E-state index contributed by atoms with van der Waals surface area (Å²) in [6, 6.07) is 12.1. The van der Waals surface area contributed by atoms with E-state index < -0.39 is 0 Å². The normalized spacial score (nSPS) is 10.1. The van der Waals surface area contributed by atoms with Gasteiger partial charge in [0.1, 0.15) is 5.82 Å². The monoisotopic (exact) mass is 216 g/mol. The summed E-state index contributed by atoms with van der Waals surface area (Å²) >= 11 is 0. The van der Waals surface area contributed by atoms with E-state index in [1.807, 2.05) is 19.1 Å². The standard InChI is InChI=1S/C13H13FN2/c1-9-6-7-10(15)8-13(9)16-12-5-3-2-4-11(12)14/h2-8,16H,15H2,1H3. The Balaban J connectivity index is 2.34. The molecule has 0 fully saturated rings. The van der Waals surface area contributed by atoms with E-state index >= 15 is 0 Å². The van der Waals surface area contributed by atoms with Gasteiger partial charge in [-0.3, -0.25) is 0 Å². The summed E-state index contributed by atoms with van der Waals surface area (Å²) < 4.78 is 13.4. The van der Waals surface area contributed by atoms with Crippen molar-refractivity contribution in [2.45, 2.75) is 6.92 Å². The number of anilines is 3. The lowest BCUT2D eigenvalue weighted by atomic mass is 10.1. The summed E-state index contributed by atoms with van der Waals surface area (Å²) in [7, 11) is 0. The molecule has 0 radical (unpaired) electrons. The van der Waals surface area contributed by atoms with Gasteiger partial charge in [0.15, 0.2) is 0 Å². The van der Waals surface area contributed by atoms with Crippen LogP contribution < -0.4 is 11.1 Å². The van der Waals surface area contributed by atoms with E-state index in [1.165, 1.54) is 6.07 Å². The highest BCUT2D eigenvalue weighted by molar-refractivity contribution is 5.67. The summed E-state index contributed by atoms with van der Waals surface area (Å²) in [4.78, 5) is 0. The van der Waals surface area contributed by atoms with E-state index in [0.717, 1.165) is 11.3 Å². The molecule has 2 aromatic carbocycles. The number of nitrogen functional groups attached to an aromatic ring is 1. The largest absolute Gasteiger partial charge is 0.399 e. The van der Waals surface area contributed by atoms with Crippen LogP contribution in [0.2, 0.25) is 0 Å². The number of halogens is 1. The van der Waals surface area contributed by atoms with Gasteiger partial charge in [-0.2, -0.15) is 0 Å². The Morgan fingerprint density at radius 2 is 1.81 bits per heavy atom. The molecule has 0 saturated carbocycles. The zero-order valence-corrected chi connectivity index (χ0v) is 9.00. The Kier molecular flexibility index (Phi) is 2.77. The van der Waals surface area contributed by atoms with Crippen molar-refractivity contribution in [3.8, 4) is 0 Å². The molecule has 0 amide bonds. The second-order valence-electron chi connectivity index (χ2n) is 3.68. The minimum atomic E-state index is -0.274. The number of aryl methyl sites for hydroxylation is 1. The minimum absolute atomic E-state index is 0.274.